The van der Waals surface area contributed by atoms with Crippen LogP contribution in [0.4, 0.5) is 0 Å². The van der Waals surface area contributed by atoms with Gasteiger partial charge in [0, 0.05) is 42.6 Å². The molecule has 0 amide bonds. The maximum atomic E-state index is 6.00. The van der Waals surface area contributed by atoms with Crippen LogP contribution in [0.15, 0.2) is 6.20 Å². The second-order valence-corrected chi connectivity index (χ2v) is 6.67. The lowest BCUT2D eigenvalue weighted by Crippen LogP contribution is -2.31. The summed E-state index contributed by atoms with van der Waals surface area (Å²) in [5.41, 5.74) is 7.34. The molecule has 3 nitrogen and oxygen atoms in total. The number of fused-ring (bicyclic) bond motifs is 1. The summed E-state index contributed by atoms with van der Waals surface area (Å²) in [6.07, 6.45) is 9.47. The van der Waals surface area contributed by atoms with E-state index >= 15 is 0 Å². The average Bonchev–Trinajstić information content (AvgIpc) is 2.73. The molecule has 1 saturated heterocycles. The van der Waals surface area contributed by atoms with Crippen LogP contribution in [0.25, 0.3) is 0 Å². The van der Waals surface area contributed by atoms with Crippen molar-refractivity contribution in [3.8, 4) is 0 Å². The fourth-order valence-corrected chi connectivity index (χ4v) is 4.19. The molecule has 0 aromatic carbocycles. The molecule has 0 bridgehead atoms. The fourth-order valence-electron chi connectivity index (χ4n) is 2.89. The van der Waals surface area contributed by atoms with Crippen LogP contribution in [0.3, 0.4) is 0 Å². The summed E-state index contributed by atoms with van der Waals surface area (Å²) in [5.74, 6) is 2.63. The second-order valence-electron chi connectivity index (χ2n) is 5.26. The zero-order valence-corrected chi connectivity index (χ0v) is 11.1. The maximum absolute atomic E-state index is 6.00. The third-order valence-electron chi connectivity index (χ3n) is 3.90. The monoisotopic (exact) mass is 251 g/mol. The van der Waals surface area contributed by atoms with Crippen LogP contribution in [0, 0.1) is 0 Å². The molecule has 1 aromatic rings. The van der Waals surface area contributed by atoms with Gasteiger partial charge in [0.1, 0.15) is 5.82 Å². The Hall–Kier alpha value is -0.480. The fraction of sp³-hybridized carbons (Fsp3) is 0.769. The first-order valence-electron chi connectivity index (χ1n) is 6.73. The standard InChI is InChI=1S/C13H21N3S/c14-10-4-5-16-11(7-10)9-15-13(16)8-12-3-1-2-6-17-12/h9-10,12H,1-8,14H2. The second kappa shape index (κ2) is 5.02. The predicted molar refractivity (Wildman–Crippen MR) is 72.3 cm³/mol. The number of rotatable bonds is 2. The van der Waals surface area contributed by atoms with Crippen LogP contribution < -0.4 is 5.73 Å². The Morgan fingerprint density at radius 3 is 3.18 bits per heavy atom. The van der Waals surface area contributed by atoms with Crippen molar-refractivity contribution in [3.63, 3.8) is 0 Å². The molecule has 0 saturated carbocycles. The van der Waals surface area contributed by atoms with E-state index < -0.39 is 0 Å². The molecular weight excluding hydrogens is 230 g/mol. The van der Waals surface area contributed by atoms with Crippen molar-refractivity contribution in [1.29, 1.82) is 0 Å². The first-order valence-corrected chi connectivity index (χ1v) is 7.78. The van der Waals surface area contributed by atoms with Gasteiger partial charge in [0.15, 0.2) is 0 Å². The third kappa shape index (κ3) is 2.52. The zero-order valence-electron chi connectivity index (χ0n) is 10.3. The molecule has 1 aromatic heterocycles. The van der Waals surface area contributed by atoms with Crippen molar-refractivity contribution in [3.05, 3.63) is 17.7 Å². The third-order valence-corrected chi connectivity index (χ3v) is 5.30. The Bertz CT molecular complexity index is 382. The van der Waals surface area contributed by atoms with Crippen LogP contribution in [0.2, 0.25) is 0 Å². The molecule has 0 spiro atoms. The summed E-state index contributed by atoms with van der Waals surface area (Å²) >= 11 is 2.13. The van der Waals surface area contributed by atoms with Gasteiger partial charge in [-0.1, -0.05) is 6.42 Å². The molecule has 2 unspecified atom stereocenters. The van der Waals surface area contributed by atoms with Crippen molar-refractivity contribution in [2.24, 2.45) is 5.73 Å². The number of nitrogens with zero attached hydrogens (tertiary/aromatic N) is 2. The normalized spacial score (nSPS) is 29.0. The summed E-state index contributed by atoms with van der Waals surface area (Å²) in [6.45, 7) is 1.07. The van der Waals surface area contributed by atoms with Gasteiger partial charge in [0.25, 0.3) is 0 Å². The zero-order chi connectivity index (χ0) is 11.7. The number of hydrogen-bond donors (Lipinski definition) is 1. The van der Waals surface area contributed by atoms with Crippen LogP contribution in [0.1, 0.15) is 37.2 Å². The Labute approximate surface area is 107 Å². The van der Waals surface area contributed by atoms with Crippen LogP contribution in [-0.2, 0) is 19.4 Å². The van der Waals surface area contributed by atoms with E-state index in [9.17, 15) is 0 Å². The lowest BCUT2D eigenvalue weighted by Gasteiger charge is -2.24. The van der Waals surface area contributed by atoms with E-state index in [0.29, 0.717) is 6.04 Å². The molecule has 2 aliphatic rings. The smallest absolute Gasteiger partial charge is 0.109 e. The first kappa shape index (κ1) is 11.6. The van der Waals surface area contributed by atoms with Crippen molar-refractivity contribution < 1.29 is 0 Å². The quantitative estimate of drug-likeness (QED) is 0.874. The Morgan fingerprint density at radius 2 is 2.35 bits per heavy atom. The van der Waals surface area contributed by atoms with Gasteiger partial charge in [-0.3, -0.25) is 0 Å². The number of thioether (sulfide) groups is 1. The molecule has 17 heavy (non-hydrogen) atoms. The SMILES string of the molecule is NC1CCn2c(cnc2CC2CCCCS2)C1. The van der Waals surface area contributed by atoms with E-state index in [-0.39, 0.29) is 0 Å². The lowest BCUT2D eigenvalue weighted by atomic mass is 10.1. The minimum absolute atomic E-state index is 0.344. The van der Waals surface area contributed by atoms with Crippen molar-refractivity contribution in [2.45, 2.75) is 56.4 Å². The molecule has 4 heteroatoms. The van der Waals surface area contributed by atoms with E-state index in [1.165, 1.54) is 36.5 Å². The van der Waals surface area contributed by atoms with Gasteiger partial charge in [-0.05, 0) is 25.0 Å². The maximum Gasteiger partial charge on any atom is 0.109 e. The summed E-state index contributed by atoms with van der Waals surface area (Å²) < 4.78 is 2.42. The van der Waals surface area contributed by atoms with Crippen molar-refractivity contribution in [2.75, 3.05) is 5.75 Å². The van der Waals surface area contributed by atoms with Crippen molar-refractivity contribution in [1.82, 2.24) is 9.55 Å². The van der Waals surface area contributed by atoms with Crippen LogP contribution in [0.5, 0.6) is 0 Å². The number of nitrogens with two attached hydrogens (primary N) is 1. The summed E-state index contributed by atoms with van der Waals surface area (Å²) in [7, 11) is 0. The van der Waals surface area contributed by atoms with Crippen LogP contribution in [-0.4, -0.2) is 26.6 Å². The van der Waals surface area contributed by atoms with Crippen LogP contribution >= 0.6 is 11.8 Å². The largest absolute Gasteiger partial charge is 0.332 e. The van der Waals surface area contributed by atoms with E-state index in [1.807, 2.05) is 6.20 Å². The summed E-state index contributed by atoms with van der Waals surface area (Å²) in [5, 5.41) is 0.797. The summed E-state index contributed by atoms with van der Waals surface area (Å²) in [4.78, 5) is 4.62. The highest BCUT2D eigenvalue weighted by Crippen LogP contribution is 2.28. The molecule has 3 rings (SSSR count). The Balaban J connectivity index is 1.71. The van der Waals surface area contributed by atoms with Gasteiger partial charge in [0.2, 0.25) is 0 Å². The molecule has 0 aliphatic carbocycles. The molecule has 1 fully saturated rings. The van der Waals surface area contributed by atoms with Gasteiger partial charge in [-0.2, -0.15) is 11.8 Å². The summed E-state index contributed by atoms with van der Waals surface area (Å²) in [6, 6.07) is 0.344. The Kier molecular flexibility index (Phi) is 3.43. The van der Waals surface area contributed by atoms with Gasteiger partial charge >= 0.3 is 0 Å². The minimum atomic E-state index is 0.344. The number of aromatic nitrogens is 2. The highest BCUT2D eigenvalue weighted by atomic mass is 32.2. The molecule has 2 aliphatic heterocycles. The molecule has 2 atom stereocenters. The lowest BCUT2D eigenvalue weighted by molar-refractivity contribution is 0.457. The molecule has 0 radical (unpaired) electrons. The average molecular weight is 251 g/mol. The molecule has 3 heterocycles. The predicted octanol–water partition coefficient (Wildman–Crippen LogP) is 1.98. The van der Waals surface area contributed by atoms with Gasteiger partial charge < -0.3 is 10.3 Å². The van der Waals surface area contributed by atoms with Gasteiger partial charge in [-0.15, -0.1) is 0 Å². The molecule has 94 valence electrons. The van der Waals surface area contributed by atoms with Gasteiger partial charge in [-0.25, -0.2) is 4.98 Å². The topological polar surface area (TPSA) is 43.8 Å². The molecule has 2 N–H and O–H groups in total. The van der Waals surface area contributed by atoms with E-state index in [4.69, 9.17) is 5.73 Å². The van der Waals surface area contributed by atoms with Crippen molar-refractivity contribution >= 4 is 11.8 Å². The highest BCUT2D eigenvalue weighted by molar-refractivity contribution is 7.99. The number of hydrogen-bond acceptors (Lipinski definition) is 3. The Morgan fingerprint density at radius 1 is 1.41 bits per heavy atom. The highest BCUT2D eigenvalue weighted by Gasteiger charge is 2.22. The first-order chi connectivity index (χ1) is 8.33. The number of imidazole rings is 1. The molecular formula is C13H21N3S. The van der Waals surface area contributed by atoms with E-state index in [1.54, 1.807) is 0 Å². The van der Waals surface area contributed by atoms with E-state index in [0.717, 1.165) is 31.1 Å². The minimum Gasteiger partial charge on any atom is -0.332 e. The van der Waals surface area contributed by atoms with Gasteiger partial charge in [0.05, 0.1) is 0 Å². The van der Waals surface area contributed by atoms with E-state index in [2.05, 4.69) is 21.3 Å².